The van der Waals surface area contributed by atoms with Gasteiger partial charge in [0, 0.05) is 32.9 Å². The van der Waals surface area contributed by atoms with E-state index < -0.39 is 0 Å². The predicted octanol–water partition coefficient (Wildman–Crippen LogP) is -0.227. The van der Waals surface area contributed by atoms with Crippen molar-refractivity contribution in [2.24, 2.45) is 7.05 Å². The molecule has 6 nitrogen and oxygen atoms in total. The van der Waals surface area contributed by atoms with Crippen LogP contribution < -0.4 is 5.32 Å². The largest absolute Gasteiger partial charge is 0.342 e. The number of aryl methyl sites for hydroxylation is 1. The zero-order valence-corrected chi connectivity index (χ0v) is 10.1. The Bertz CT molecular complexity index is 332. The number of nitrogens with zero attached hydrogens (tertiary/aromatic N) is 4. The molecule has 16 heavy (non-hydrogen) atoms. The number of hydrogen-bond donors (Lipinski definition) is 1. The van der Waals surface area contributed by atoms with Crippen molar-refractivity contribution in [2.75, 3.05) is 19.6 Å². The van der Waals surface area contributed by atoms with E-state index in [4.69, 9.17) is 0 Å². The first kappa shape index (κ1) is 12.6. The van der Waals surface area contributed by atoms with Crippen LogP contribution in [0.3, 0.4) is 0 Å². The van der Waals surface area contributed by atoms with Crippen LogP contribution in [0, 0.1) is 0 Å². The molecule has 0 aromatic carbocycles. The van der Waals surface area contributed by atoms with Crippen LogP contribution >= 0.6 is 0 Å². The van der Waals surface area contributed by atoms with Crippen molar-refractivity contribution in [3.8, 4) is 0 Å². The van der Waals surface area contributed by atoms with Gasteiger partial charge >= 0.3 is 0 Å². The van der Waals surface area contributed by atoms with E-state index in [1.165, 1.54) is 0 Å². The molecule has 1 heterocycles. The third kappa shape index (κ3) is 3.62. The van der Waals surface area contributed by atoms with Crippen molar-refractivity contribution in [3.05, 3.63) is 11.9 Å². The zero-order chi connectivity index (χ0) is 12.0. The molecule has 6 heteroatoms. The van der Waals surface area contributed by atoms with Gasteiger partial charge in [0.25, 0.3) is 0 Å². The van der Waals surface area contributed by atoms with Crippen molar-refractivity contribution < 1.29 is 4.79 Å². The smallest absolute Gasteiger partial charge is 0.236 e. The SMILES string of the molecule is CCN(CC)C(=O)CNCc1cn(C)nn1. The number of amides is 1. The fourth-order valence-corrected chi connectivity index (χ4v) is 1.46. The summed E-state index contributed by atoms with van der Waals surface area (Å²) in [6.07, 6.45) is 1.83. The highest BCUT2D eigenvalue weighted by Crippen LogP contribution is 1.91. The highest BCUT2D eigenvalue weighted by molar-refractivity contribution is 5.78. The number of carbonyl (C=O) groups excluding carboxylic acids is 1. The molecule has 0 fully saturated rings. The molecule has 0 unspecified atom stereocenters. The van der Waals surface area contributed by atoms with E-state index in [-0.39, 0.29) is 5.91 Å². The van der Waals surface area contributed by atoms with Gasteiger partial charge in [-0.3, -0.25) is 9.48 Å². The lowest BCUT2D eigenvalue weighted by Crippen LogP contribution is -2.37. The molecule has 0 aliphatic heterocycles. The summed E-state index contributed by atoms with van der Waals surface area (Å²) in [6, 6.07) is 0. The Balaban J connectivity index is 2.27. The quantitative estimate of drug-likeness (QED) is 0.726. The molecule has 0 saturated carbocycles. The molecule has 0 saturated heterocycles. The first-order valence-electron chi connectivity index (χ1n) is 5.51. The number of carbonyl (C=O) groups is 1. The molecule has 0 atom stereocenters. The summed E-state index contributed by atoms with van der Waals surface area (Å²) in [5.74, 6) is 0.119. The number of nitrogens with one attached hydrogen (secondary N) is 1. The van der Waals surface area contributed by atoms with Gasteiger partial charge in [-0.25, -0.2) is 0 Å². The summed E-state index contributed by atoms with van der Waals surface area (Å²) in [6.45, 7) is 6.37. The van der Waals surface area contributed by atoms with Gasteiger partial charge in [0.2, 0.25) is 5.91 Å². The molecule has 0 bridgehead atoms. The summed E-state index contributed by atoms with van der Waals surface area (Å²) >= 11 is 0. The monoisotopic (exact) mass is 225 g/mol. The molecule has 1 aromatic rings. The van der Waals surface area contributed by atoms with E-state index in [0.29, 0.717) is 13.1 Å². The molecule has 0 aliphatic carbocycles. The molecule has 90 valence electrons. The number of hydrogen-bond acceptors (Lipinski definition) is 4. The standard InChI is InChI=1S/C10H19N5O/c1-4-15(5-2)10(16)7-11-6-9-8-14(3)13-12-9/h8,11H,4-7H2,1-3H3. The van der Waals surface area contributed by atoms with Gasteiger partial charge in [-0.05, 0) is 13.8 Å². The fraction of sp³-hybridized carbons (Fsp3) is 0.700. The van der Waals surface area contributed by atoms with E-state index in [9.17, 15) is 4.79 Å². The van der Waals surface area contributed by atoms with Crippen molar-refractivity contribution in [1.82, 2.24) is 25.2 Å². The lowest BCUT2D eigenvalue weighted by molar-refractivity contribution is -0.129. The molecule has 1 aromatic heterocycles. The van der Waals surface area contributed by atoms with Gasteiger partial charge in [-0.1, -0.05) is 5.21 Å². The second-order valence-corrected chi connectivity index (χ2v) is 3.55. The minimum Gasteiger partial charge on any atom is -0.342 e. The van der Waals surface area contributed by atoms with E-state index in [1.807, 2.05) is 27.1 Å². The topological polar surface area (TPSA) is 63.1 Å². The maximum atomic E-state index is 11.6. The van der Waals surface area contributed by atoms with Crippen LogP contribution in [0.2, 0.25) is 0 Å². The molecule has 1 rings (SSSR count). The summed E-state index contributed by atoms with van der Waals surface area (Å²) < 4.78 is 1.64. The van der Waals surface area contributed by atoms with Gasteiger partial charge < -0.3 is 10.2 Å². The van der Waals surface area contributed by atoms with Crippen molar-refractivity contribution in [3.63, 3.8) is 0 Å². The van der Waals surface area contributed by atoms with Gasteiger partial charge in [-0.15, -0.1) is 5.10 Å². The van der Waals surface area contributed by atoms with Crippen LogP contribution in [0.15, 0.2) is 6.20 Å². The Morgan fingerprint density at radius 3 is 2.69 bits per heavy atom. The maximum absolute atomic E-state index is 11.6. The highest BCUT2D eigenvalue weighted by atomic mass is 16.2. The normalized spacial score (nSPS) is 10.4. The molecule has 1 amide bonds. The van der Waals surface area contributed by atoms with Crippen LogP contribution in [-0.4, -0.2) is 45.4 Å². The molecule has 0 spiro atoms. The Kier molecular flexibility index (Phi) is 4.91. The minimum absolute atomic E-state index is 0.119. The summed E-state index contributed by atoms with van der Waals surface area (Å²) in [5, 5.41) is 10.8. The van der Waals surface area contributed by atoms with Gasteiger partial charge in [-0.2, -0.15) is 0 Å². The average molecular weight is 225 g/mol. The summed E-state index contributed by atoms with van der Waals surface area (Å²) in [4.78, 5) is 13.4. The molecule has 1 N–H and O–H groups in total. The molecular weight excluding hydrogens is 206 g/mol. The molecular formula is C10H19N5O. The number of rotatable bonds is 6. The van der Waals surface area contributed by atoms with Crippen LogP contribution in [0.5, 0.6) is 0 Å². The van der Waals surface area contributed by atoms with Gasteiger partial charge in [0.05, 0.1) is 12.2 Å². The minimum atomic E-state index is 0.119. The van der Waals surface area contributed by atoms with E-state index >= 15 is 0 Å². The lowest BCUT2D eigenvalue weighted by atomic mass is 10.4. The Morgan fingerprint density at radius 2 is 2.19 bits per heavy atom. The highest BCUT2D eigenvalue weighted by Gasteiger charge is 2.08. The second kappa shape index (κ2) is 6.22. The number of likely N-dealkylation sites (N-methyl/N-ethyl adjacent to an activating group) is 1. The molecule has 0 radical (unpaired) electrons. The van der Waals surface area contributed by atoms with Crippen LogP contribution in [0.4, 0.5) is 0 Å². The second-order valence-electron chi connectivity index (χ2n) is 3.55. The summed E-state index contributed by atoms with van der Waals surface area (Å²) in [7, 11) is 1.82. The van der Waals surface area contributed by atoms with E-state index in [0.717, 1.165) is 18.8 Å². The van der Waals surface area contributed by atoms with E-state index in [1.54, 1.807) is 9.58 Å². The predicted molar refractivity (Wildman–Crippen MR) is 60.6 cm³/mol. The lowest BCUT2D eigenvalue weighted by Gasteiger charge is -2.18. The Labute approximate surface area is 95.6 Å². The zero-order valence-electron chi connectivity index (χ0n) is 10.1. The average Bonchev–Trinajstić information content (AvgIpc) is 2.66. The van der Waals surface area contributed by atoms with Crippen molar-refractivity contribution >= 4 is 5.91 Å². The van der Waals surface area contributed by atoms with Gasteiger partial charge in [0.1, 0.15) is 0 Å². The Morgan fingerprint density at radius 1 is 1.50 bits per heavy atom. The Hall–Kier alpha value is -1.43. The van der Waals surface area contributed by atoms with Crippen molar-refractivity contribution in [1.29, 1.82) is 0 Å². The fourth-order valence-electron chi connectivity index (χ4n) is 1.46. The van der Waals surface area contributed by atoms with Crippen molar-refractivity contribution in [2.45, 2.75) is 20.4 Å². The third-order valence-electron chi connectivity index (χ3n) is 2.35. The third-order valence-corrected chi connectivity index (χ3v) is 2.35. The van der Waals surface area contributed by atoms with Crippen LogP contribution in [-0.2, 0) is 18.4 Å². The molecule has 0 aliphatic rings. The maximum Gasteiger partial charge on any atom is 0.236 e. The first-order valence-corrected chi connectivity index (χ1v) is 5.51. The van der Waals surface area contributed by atoms with Crippen LogP contribution in [0.1, 0.15) is 19.5 Å². The summed E-state index contributed by atoms with van der Waals surface area (Å²) in [5.41, 5.74) is 0.842. The number of aromatic nitrogens is 3. The first-order chi connectivity index (χ1) is 7.67. The van der Waals surface area contributed by atoms with E-state index in [2.05, 4.69) is 15.6 Å². The van der Waals surface area contributed by atoms with Crippen LogP contribution in [0.25, 0.3) is 0 Å². The van der Waals surface area contributed by atoms with Gasteiger partial charge in [0.15, 0.2) is 0 Å².